The Morgan fingerprint density at radius 1 is 1.03 bits per heavy atom. The maximum atomic E-state index is 14.3. The van der Waals surface area contributed by atoms with Gasteiger partial charge in [0, 0.05) is 42.8 Å². The van der Waals surface area contributed by atoms with E-state index in [1.165, 1.54) is 28.5 Å². The molecule has 0 bridgehead atoms. The molecule has 2 aromatic heterocycles. The molecule has 1 N–H and O–H groups in total. The molecular weight excluding hydrogens is 449 g/mol. The minimum absolute atomic E-state index is 0. The topological polar surface area (TPSA) is 64.0 Å². The highest BCUT2D eigenvalue weighted by atomic mass is 35.5. The zero-order valence-electron chi connectivity index (χ0n) is 17.4. The summed E-state index contributed by atoms with van der Waals surface area (Å²) in [5.41, 5.74) is 3.69. The summed E-state index contributed by atoms with van der Waals surface area (Å²) in [7, 11) is -1.97. The number of halogens is 2. The van der Waals surface area contributed by atoms with Crippen molar-refractivity contribution in [2.75, 3.05) is 7.05 Å². The number of rotatable bonds is 7. The SMILES string of the molecule is CNCc1ccn(S(=O)(=O)c2cccnc2)c1Cc1cccc(-c2ccccc2F)c1.Cl. The average Bonchev–Trinajstić information content (AvgIpc) is 3.18. The summed E-state index contributed by atoms with van der Waals surface area (Å²) in [6.45, 7) is 0.526. The molecule has 0 aliphatic rings. The molecule has 0 radical (unpaired) electrons. The van der Waals surface area contributed by atoms with Gasteiger partial charge in [-0.05, 0) is 48.0 Å². The molecule has 0 spiro atoms. The normalized spacial score (nSPS) is 11.2. The van der Waals surface area contributed by atoms with Crippen molar-refractivity contribution >= 4 is 22.4 Å². The fourth-order valence-corrected chi connectivity index (χ4v) is 4.97. The average molecular weight is 472 g/mol. The molecule has 32 heavy (non-hydrogen) atoms. The van der Waals surface area contributed by atoms with E-state index in [1.54, 1.807) is 36.5 Å². The van der Waals surface area contributed by atoms with E-state index in [2.05, 4.69) is 10.3 Å². The number of hydrogen-bond donors (Lipinski definition) is 1. The van der Waals surface area contributed by atoms with Gasteiger partial charge in [-0.2, -0.15) is 0 Å². The zero-order valence-corrected chi connectivity index (χ0v) is 19.0. The van der Waals surface area contributed by atoms with Crippen LogP contribution in [-0.4, -0.2) is 24.4 Å². The molecule has 0 fully saturated rings. The highest BCUT2D eigenvalue weighted by Gasteiger charge is 2.22. The second-order valence-electron chi connectivity index (χ2n) is 7.16. The van der Waals surface area contributed by atoms with Crippen molar-refractivity contribution in [3.63, 3.8) is 0 Å². The lowest BCUT2D eigenvalue weighted by atomic mass is 10.00. The predicted octanol–water partition coefficient (Wildman–Crippen LogP) is 4.66. The van der Waals surface area contributed by atoms with E-state index >= 15 is 0 Å². The van der Waals surface area contributed by atoms with Gasteiger partial charge in [-0.25, -0.2) is 16.8 Å². The van der Waals surface area contributed by atoms with E-state index in [4.69, 9.17) is 0 Å². The van der Waals surface area contributed by atoms with Crippen molar-refractivity contribution in [3.05, 3.63) is 108 Å². The van der Waals surface area contributed by atoms with E-state index in [1.807, 2.05) is 31.3 Å². The largest absolute Gasteiger partial charge is 0.316 e. The molecular formula is C24H23ClFN3O2S. The molecule has 0 saturated carbocycles. The molecule has 4 aromatic rings. The molecule has 5 nitrogen and oxygen atoms in total. The van der Waals surface area contributed by atoms with Crippen LogP contribution in [0.2, 0.25) is 0 Å². The van der Waals surface area contributed by atoms with Crippen LogP contribution in [0.15, 0.2) is 90.2 Å². The Labute approximate surface area is 193 Å². The van der Waals surface area contributed by atoms with Gasteiger partial charge in [-0.15, -0.1) is 12.4 Å². The summed E-state index contributed by atoms with van der Waals surface area (Å²) in [6, 6.07) is 19.1. The monoisotopic (exact) mass is 471 g/mol. The third kappa shape index (κ3) is 4.75. The first kappa shape index (κ1) is 23.7. The molecule has 2 heterocycles. The maximum absolute atomic E-state index is 14.3. The van der Waals surface area contributed by atoms with E-state index in [-0.39, 0.29) is 23.1 Å². The third-order valence-corrected chi connectivity index (χ3v) is 6.79. The Kier molecular flexibility index (Phi) is 7.45. The van der Waals surface area contributed by atoms with Gasteiger partial charge in [0.2, 0.25) is 0 Å². The first-order valence-corrected chi connectivity index (χ1v) is 11.3. The first-order valence-electron chi connectivity index (χ1n) is 9.84. The molecule has 0 aliphatic heterocycles. The van der Waals surface area contributed by atoms with Crippen molar-refractivity contribution in [1.82, 2.24) is 14.3 Å². The van der Waals surface area contributed by atoms with Crippen molar-refractivity contribution in [3.8, 4) is 11.1 Å². The quantitative estimate of drug-likeness (QED) is 0.426. The van der Waals surface area contributed by atoms with E-state index < -0.39 is 10.0 Å². The van der Waals surface area contributed by atoms with Crippen molar-refractivity contribution in [1.29, 1.82) is 0 Å². The lowest BCUT2D eigenvalue weighted by Crippen LogP contribution is -2.17. The molecule has 0 unspecified atom stereocenters. The number of nitrogens with zero attached hydrogens (tertiary/aromatic N) is 2. The second kappa shape index (κ2) is 10.1. The number of aromatic nitrogens is 2. The van der Waals surface area contributed by atoms with Crippen LogP contribution in [0.5, 0.6) is 0 Å². The van der Waals surface area contributed by atoms with Gasteiger partial charge in [-0.3, -0.25) is 4.98 Å². The summed E-state index contributed by atoms with van der Waals surface area (Å²) in [6.07, 6.45) is 4.84. The number of pyridine rings is 1. The Hall–Kier alpha value is -3.00. The van der Waals surface area contributed by atoms with Gasteiger partial charge in [0.05, 0.1) is 0 Å². The van der Waals surface area contributed by atoms with Crippen LogP contribution in [0.1, 0.15) is 16.8 Å². The highest BCUT2D eigenvalue weighted by molar-refractivity contribution is 7.90. The van der Waals surface area contributed by atoms with Gasteiger partial charge in [0.15, 0.2) is 0 Å². The number of hydrogen-bond acceptors (Lipinski definition) is 4. The van der Waals surface area contributed by atoms with Crippen LogP contribution in [0.3, 0.4) is 0 Å². The summed E-state index contributed by atoms with van der Waals surface area (Å²) in [5, 5.41) is 3.09. The lowest BCUT2D eigenvalue weighted by molar-refractivity contribution is 0.585. The minimum atomic E-state index is -3.79. The molecule has 0 aliphatic carbocycles. The van der Waals surface area contributed by atoms with Crippen LogP contribution < -0.4 is 5.32 Å². The Bertz CT molecular complexity index is 1310. The Morgan fingerprint density at radius 3 is 2.56 bits per heavy atom. The van der Waals surface area contributed by atoms with Gasteiger partial charge in [0.25, 0.3) is 10.0 Å². The second-order valence-corrected chi connectivity index (χ2v) is 8.98. The molecule has 4 rings (SSSR count). The Balaban J connectivity index is 0.00000289. The fourth-order valence-electron chi connectivity index (χ4n) is 3.60. The van der Waals surface area contributed by atoms with Gasteiger partial charge in [-0.1, -0.05) is 42.5 Å². The molecule has 2 aromatic carbocycles. The summed E-state index contributed by atoms with van der Waals surface area (Å²) >= 11 is 0. The standard InChI is InChI=1S/C24H22FN3O2S.ClH/c1-26-16-20-11-13-28(31(29,30)21-8-5-12-27-17-21)24(20)15-18-6-4-7-19(14-18)22-9-2-3-10-23(22)25;/h2-14,17,26H,15-16H2,1H3;1H. The highest BCUT2D eigenvalue weighted by Crippen LogP contribution is 2.26. The molecule has 166 valence electrons. The van der Waals surface area contributed by atoms with Crippen molar-refractivity contribution in [2.24, 2.45) is 0 Å². The molecule has 0 atom stereocenters. The Morgan fingerprint density at radius 2 is 1.84 bits per heavy atom. The fraction of sp³-hybridized carbons (Fsp3) is 0.125. The van der Waals surface area contributed by atoms with Gasteiger partial charge < -0.3 is 5.32 Å². The smallest absolute Gasteiger partial charge is 0.269 e. The third-order valence-electron chi connectivity index (χ3n) is 5.09. The first-order chi connectivity index (χ1) is 15.0. The van der Waals surface area contributed by atoms with Gasteiger partial charge >= 0.3 is 0 Å². The summed E-state index contributed by atoms with van der Waals surface area (Å²) < 4.78 is 42.1. The minimum Gasteiger partial charge on any atom is -0.316 e. The maximum Gasteiger partial charge on any atom is 0.269 e. The summed E-state index contributed by atoms with van der Waals surface area (Å²) in [4.78, 5) is 4.07. The zero-order chi connectivity index (χ0) is 21.8. The summed E-state index contributed by atoms with van der Waals surface area (Å²) in [5.74, 6) is -0.293. The number of nitrogens with one attached hydrogen (secondary N) is 1. The van der Waals surface area contributed by atoms with Crippen molar-refractivity contribution < 1.29 is 12.8 Å². The molecule has 0 saturated heterocycles. The molecule has 8 heteroatoms. The molecule has 0 amide bonds. The lowest BCUT2D eigenvalue weighted by Gasteiger charge is -2.13. The van der Waals surface area contributed by atoms with E-state index in [9.17, 15) is 12.8 Å². The van der Waals surface area contributed by atoms with Crippen molar-refractivity contribution in [2.45, 2.75) is 17.9 Å². The van der Waals surface area contributed by atoms with Gasteiger partial charge in [0.1, 0.15) is 10.7 Å². The van der Waals surface area contributed by atoms with E-state index in [0.29, 0.717) is 24.2 Å². The van der Waals surface area contributed by atoms with Crippen LogP contribution >= 0.6 is 12.4 Å². The van der Waals surface area contributed by atoms with E-state index in [0.717, 1.165) is 16.7 Å². The van der Waals surface area contributed by atoms with Crippen LogP contribution in [0, 0.1) is 5.82 Å². The number of benzene rings is 2. The van der Waals surface area contributed by atoms with Crippen LogP contribution in [-0.2, 0) is 23.0 Å². The predicted molar refractivity (Wildman–Crippen MR) is 126 cm³/mol. The van der Waals surface area contributed by atoms with Crippen LogP contribution in [0.25, 0.3) is 11.1 Å². The van der Waals surface area contributed by atoms with Crippen LogP contribution in [0.4, 0.5) is 4.39 Å².